The van der Waals surface area contributed by atoms with Crippen LogP contribution in [-0.2, 0) is 11.3 Å². The van der Waals surface area contributed by atoms with E-state index in [1.165, 1.54) is 0 Å². The summed E-state index contributed by atoms with van der Waals surface area (Å²) in [5, 5.41) is 4.26. The standard InChI is InChI=1S/C20H17ClN2O2/c21-18-10-12-22-19-9-8-15(13-17(18)19)7-4-11-23-20(24)25-14-16-5-2-1-3-6-16/h1-10,12-13H,11,14H2,(H,23,24). The predicted molar refractivity (Wildman–Crippen MR) is 100 cm³/mol. The fraction of sp³-hybridized carbons (Fsp3) is 0.100. The van der Waals surface area contributed by atoms with Crippen molar-refractivity contribution in [2.24, 2.45) is 0 Å². The molecule has 1 N–H and O–H groups in total. The van der Waals surface area contributed by atoms with Crippen molar-refractivity contribution in [1.82, 2.24) is 10.3 Å². The Kier molecular flexibility index (Phi) is 5.65. The summed E-state index contributed by atoms with van der Waals surface area (Å²) in [5.41, 5.74) is 2.80. The Morgan fingerprint density at radius 2 is 2.00 bits per heavy atom. The lowest BCUT2D eigenvalue weighted by atomic mass is 10.1. The van der Waals surface area contributed by atoms with Gasteiger partial charge in [-0.05, 0) is 29.3 Å². The van der Waals surface area contributed by atoms with Crippen LogP contribution in [0.3, 0.4) is 0 Å². The Balaban J connectivity index is 1.50. The summed E-state index contributed by atoms with van der Waals surface area (Å²) in [5.74, 6) is 0. The minimum absolute atomic E-state index is 0.257. The summed E-state index contributed by atoms with van der Waals surface area (Å²) in [6, 6.07) is 17.2. The molecule has 0 atom stereocenters. The molecule has 4 nitrogen and oxygen atoms in total. The van der Waals surface area contributed by atoms with Crippen LogP contribution in [0.25, 0.3) is 17.0 Å². The molecular weight excluding hydrogens is 336 g/mol. The molecule has 0 aliphatic heterocycles. The third kappa shape index (κ3) is 4.81. The summed E-state index contributed by atoms with van der Waals surface area (Å²) < 4.78 is 5.14. The van der Waals surface area contributed by atoms with E-state index >= 15 is 0 Å². The van der Waals surface area contributed by atoms with Gasteiger partial charge in [0.25, 0.3) is 0 Å². The van der Waals surface area contributed by atoms with Crippen LogP contribution in [-0.4, -0.2) is 17.6 Å². The number of hydrogen-bond acceptors (Lipinski definition) is 3. The highest BCUT2D eigenvalue weighted by Crippen LogP contribution is 2.22. The van der Waals surface area contributed by atoms with E-state index in [0.29, 0.717) is 11.6 Å². The van der Waals surface area contributed by atoms with Crippen LogP contribution in [0.1, 0.15) is 11.1 Å². The van der Waals surface area contributed by atoms with Gasteiger partial charge >= 0.3 is 6.09 Å². The summed E-state index contributed by atoms with van der Waals surface area (Å²) in [4.78, 5) is 15.9. The van der Waals surface area contributed by atoms with Crippen LogP contribution < -0.4 is 5.32 Å². The molecule has 0 radical (unpaired) electrons. The number of benzene rings is 2. The van der Waals surface area contributed by atoms with Crippen LogP contribution >= 0.6 is 11.6 Å². The second-order valence-electron chi connectivity index (χ2n) is 5.41. The Morgan fingerprint density at radius 3 is 2.84 bits per heavy atom. The minimum atomic E-state index is -0.445. The maximum Gasteiger partial charge on any atom is 0.407 e. The molecule has 3 rings (SSSR count). The monoisotopic (exact) mass is 352 g/mol. The summed E-state index contributed by atoms with van der Waals surface area (Å²) >= 11 is 6.18. The lowest BCUT2D eigenvalue weighted by molar-refractivity contribution is 0.141. The van der Waals surface area contributed by atoms with E-state index in [1.807, 2.05) is 60.7 Å². The maximum absolute atomic E-state index is 11.7. The molecule has 0 saturated carbocycles. The molecule has 126 valence electrons. The van der Waals surface area contributed by atoms with Gasteiger partial charge in [-0.3, -0.25) is 4.98 Å². The quantitative estimate of drug-likeness (QED) is 0.715. The average molecular weight is 353 g/mol. The summed E-state index contributed by atoms with van der Waals surface area (Å²) in [6.45, 7) is 0.638. The van der Waals surface area contributed by atoms with Crippen molar-refractivity contribution in [3.63, 3.8) is 0 Å². The van der Waals surface area contributed by atoms with Crippen LogP contribution in [0.4, 0.5) is 4.79 Å². The van der Waals surface area contributed by atoms with Crippen molar-refractivity contribution >= 4 is 34.7 Å². The van der Waals surface area contributed by atoms with Gasteiger partial charge in [0.15, 0.2) is 0 Å². The first kappa shape index (κ1) is 17.0. The molecular formula is C20H17ClN2O2. The molecule has 25 heavy (non-hydrogen) atoms. The maximum atomic E-state index is 11.7. The van der Waals surface area contributed by atoms with Crippen molar-refractivity contribution in [3.8, 4) is 0 Å². The van der Waals surface area contributed by atoms with Gasteiger partial charge in [-0.2, -0.15) is 0 Å². The number of hydrogen-bond donors (Lipinski definition) is 1. The van der Waals surface area contributed by atoms with Gasteiger partial charge in [-0.25, -0.2) is 4.79 Å². The van der Waals surface area contributed by atoms with Gasteiger partial charge in [0.2, 0.25) is 0 Å². The number of alkyl carbamates (subject to hydrolysis) is 1. The summed E-state index contributed by atoms with van der Waals surface area (Å²) in [6.07, 6.45) is 5.01. The van der Waals surface area contributed by atoms with Crippen LogP contribution in [0.2, 0.25) is 5.02 Å². The zero-order valence-electron chi connectivity index (χ0n) is 13.5. The molecule has 5 heteroatoms. The third-order valence-electron chi connectivity index (χ3n) is 3.60. The highest BCUT2D eigenvalue weighted by molar-refractivity contribution is 6.35. The van der Waals surface area contributed by atoms with Crippen LogP contribution in [0.5, 0.6) is 0 Å². The molecule has 0 aliphatic rings. The van der Waals surface area contributed by atoms with Crippen molar-refractivity contribution in [2.75, 3.05) is 6.54 Å². The molecule has 2 aromatic carbocycles. The lowest BCUT2D eigenvalue weighted by Gasteiger charge is -2.05. The molecule has 0 aliphatic carbocycles. The fourth-order valence-corrected chi connectivity index (χ4v) is 2.55. The fourth-order valence-electron chi connectivity index (χ4n) is 2.35. The molecule has 0 unspecified atom stereocenters. The lowest BCUT2D eigenvalue weighted by Crippen LogP contribution is -2.24. The molecule has 0 spiro atoms. The SMILES string of the molecule is O=C(NCC=Cc1ccc2nccc(Cl)c2c1)OCc1ccccc1. The molecule has 3 aromatic rings. The van der Waals surface area contributed by atoms with Gasteiger partial charge in [0, 0.05) is 18.1 Å². The number of amides is 1. The average Bonchev–Trinajstić information content (AvgIpc) is 2.65. The van der Waals surface area contributed by atoms with E-state index in [-0.39, 0.29) is 6.61 Å². The second kappa shape index (κ2) is 8.31. The number of fused-ring (bicyclic) bond motifs is 1. The molecule has 1 aromatic heterocycles. The highest BCUT2D eigenvalue weighted by Gasteiger charge is 2.01. The van der Waals surface area contributed by atoms with Gasteiger partial charge in [-0.15, -0.1) is 0 Å². The van der Waals surface area contributed by atoms with Gasteiger partial charge in [0.1, 0.15) is 6.61 Å². The Labute approximate surface area is 151 Å². The van der Waals surface area contributed by atoms with Gasteiger partial charge in [0.05, 0.1) is 10.5 Å². The second-order valence-corrected chi connectivity index (χ2v) is 5.82. The Bertz CT molecular complexity index is 895. The number of pyridine rings is 1. The number of ether oxygens (including phenoxy) is 1. The van der Waals surface area contributed by atoms with E-state index in [1.54, 1.807) is 12.3 Å². The van der Waals surface area contributed by atoms with E-state index in [0.717, 1.165) is 22.0 Å². The van der Waals surface area contributed by atoms with Crippen molar-refractivity contribution in [2.45, 2.75) is 6.61 Å². The first-order valence-electron chi connectivity index (χ1n) is 7.88. The number of nitrogens with zero attached hydrogens (tertiary/aromatic N) is 1. The highest BCUT2D eigenvalue weighted by atomic mass is 35.5. The van der Waals surface area contributed by atoms with Crippen molar-refractivity contribution in [1.29, 1.82) is 0 Å². The number of halogens is 1. The Hall–Kier alpha value is -2.85. The number of rotatable bonds is 5. The van der Waals surface area contributed by atoms with E-state index < -0.39 is 6.09 Å². The van der Waals surface area contributed by atoms with E-state index in [4.69, 9.17) is 16.3 Å². The minimum Gasteiger partial charge on any atom is -0.445 e. The third-order valence-corrected chi connectivity index (χ3v) is 3.93. The number of carbonyl (C=O) groups excluding carboxylic acids is 1. The number of nitrogens with one attached hydrogen (secondary N) is 1. The van der Waals surface area contributed by atoms with Gasteiger partial charge < -0.3 is 10.1 Å². The zero-order valence-corrected chi connectivity index (χ0v) is 14.2. The zero-order chi connectivity index (χ0) is 17.5. The van der Waals surface area contributed by atoms with E-state index in [9.17, 15) is 4.79 Å². The number of carbonyl (C=O) groups is 1. The predicted octanol–water partition coefficient (Wildman–Crippen LogP) is 4.83. The molecule has 1 amide bonds. The van der Waals surface area contributed by atoms with Crippen molar-refractivity contribution < 1.29 is 9.53 Å². The van der Waals surface area contributed by atoms with Gasteiger partial charge in [-0.1, -0.05) is 60.2 Å². The van der Waals surface area contributed by atoms with Crippen molar-refractivity contribution in [3.05, 3.63) is 83.0 Å². The van der Waals surface area contributed by atoms with Crippen LogP contribution in [0, 0.1) is 0 Å². The van der Waals surface area contributed by atoms with E-state index in [2.05, 4.69) is 10.3 Å². The Morgan fingerprint density at radius 1 is 1.16 bits per heavy atom. The topological polar surface area (TPSA) is 51.2 Å². The first-order valence-corrected chi connectivity index (χ1v) is 8.25. The normalized spacial score (nSPS) is 10.9. The smallest absolute Gasteiger partial charge is 0.407 e. The first-order chi connectivity index (χ1) is 12.2. The largest absolute Gasteiger partial charge is 0.445 e. The number of aromatic nitrogens is 1. The molecule has 1 heterocycles. The van der Waals surface area contributed by atoms with Crippen LogP contribution in [0.15, 0.2) is 66.9 Å². The molecule has 0 saturated heterocycles. The molecule has 0 fully saturated rings. The summed E-state index contributed by atoms with van der Waals surface area (Å²) in [7, 11) is 0. The molecule has 0 bridgehead atoms.